The molecule has 1 aliphatic carbocycles. The molecule has 1 atom stereocenters. The van der Waals surface area contributed by atoms with Crippen LogP contribution in [0.1, 0.15) is 12.0 Å². The number of anilines is 1. The molecule has 3 heterocycles. The van der Waals surface area contributed by atoms with Gasteiger partial charge in [0.15, 0.2) is 0 Å². The number of halogens is 3. The van der Waals surface area contributed by atoms with Crippen molar-refractivity contribution in [2.45, 2.75) is 19.3 Å². The molecule has 0 aromatic carbocycles. The Morgan fingerprint density at radius 2 is 1.96 bits per heavy atom. The summed E-state index contributed by atoms with van der Waals surface area (Å²) in [6.45, 7) is 1.56. The second-order valence-electron chi connectivity index (χ2n) is 6.85. The average Bonchev–Trinajstić information content (AvgIpc) is 3.30. The van der Waals surface area contributed by atoms with Crippen LogP contribution in [0, 0.1) is 18.7 Å². The highest BCUT2D eigenvalue weighted by Gasteiger charge is 2.61. The number of aryl methyl sites for hydroxylation is 1. The zero-order valence-electron chi connectivity index (χ0n) is 15.0. The Bertz CT molecular complexity index is 1190. The summed E-state index contributed by atoms with van der Waals surface area (Å²) >= 11 is 0. The highest BCUT2D eigenvalue weighted by atomic mass is 19.3. The molecule has 4 rings (SSSR count). The van der Waals surface area contributed by atoms with Gasteiger partial charge in [0.25, 0.3) is 11.5 Å². The second-order valence-corrected chi connectivity index (χ2v) is 6.85. The number of nitrogens with one attached hydrogen (secondary N) is 1. The quantitative estimate of drug-likeness (QED) is 0.748. The van der Waals surface area contributed by atoms with Crippen molar-refractivity contribution in [3.8, 4) is 11.1 Å². The molecular formula is C19H15F3N4O2. The number of hydrogen-bond donors (Lipinski definition) is 1. The first-order valence-electron chi connectivity index (χ1n) is 8.48. The van der Waals surface area contributed by atoms with Crippen LogP contribution in [0.2, 0.25) is 0 Å². The summed E-state index contributed by atoms with van der Waals surface area (Å²) < 4.78 is 41.2. The lowest BCUT2D eigenvalue weighted by Crippen LogP contribution is -2.21. The largest absolute Gasteiger partial charge is 0.311 e. The summed E-state index contributed by atoms with van der Waals surface area (Å²) in [6, 6.07) is 3.00. The monoisotopic (exact) mass is 388 g/mol. The smallest absolute Gasteiger partial charge is 0.260 e. The van der Waals surface area contributed by atoms with E-state index in [0.29, 0.717) is 22.0 Å². The molecule has 1 aliphatic rings. The molecule has 9 heteroatoms. The molecular weight excluding hydrogens is 373 g/mol. The van der Waals surface area contributed by atoms with Crippen LogP contribution in [0.15, 0.2) is 35.5 Å². The van der Waals surface area contributed by atoms with Crippen molar-refractivity contribution < 1.29 is 18.0 Å². The number of nitrogens with zero attached hydrogens (tertiary/aromatic N) is 3. The van der Waals surface area contributed by atoms with E-state index in [1.807, 2.05) is 0 Å². The van der Waals surface area contributed by atoms with Crippen LogP contribution in [0.25, 0.3) is 22.0 Å². The third-order valence-corrected chi connectivity index (χ3v) is 4.95. The molecule has 28 heavy (non-hydrogen) atoms. The zero-order chi connectivity index (χ0) is 20.2. The van der Waals surface area contributed by atoms with Gasteiger partial charge >= 0.3 is 0 Å². The number of hydrogen-bond acceptors (Lipinski definition) is 4. The van der Waals surface area contributed by atoms with Gasteiger partial charge in [-0.3, -0.25) is 14.6 Å². The summed E-state index contributed by atoms with van der Waals surface area (Å²) in [5.41, 5.74) is 0.990. The molecule has 0 spiro atoms. The van der Waals surface area contributed by atoms with Crippen LogP contribution in [0.3, 0.4) is 0 Å². The van der Waals surface area contributed by atoms with Gasteiger partial charge in [-0.1, -0.05) is 0 Å². The van der Waals surface area contributed by atoms with E-state index in [1.54, 1.807) is 13.0 Å². The van der Waals surface area contributed by atoms with Crippen LogP contribution < -0.4 is 10.9 Å². The van der Waals surface area contributed by atoms with Crippen LogP contribution in [0.4, 0.5) is 19.0 Å². The molecule has 144 valence electrons. The van der Waals surface area contributed by atoms with Crippen molar-refractivity contribution in [3.63, 3.8) is 0 Å². The van der Waals surface area contributed by atoms with Gasteiger partial charge in [-0.05, 0) is 18.6 Å². The lowest BCUT2D eigenvalue weighted by atomic mass is 10.0. The number of amides is 1. The Morgan fingerprint density at radius 1 is 1.25 bits per heavy atom. The van der Waals surface area contributed by atoms with E-state index in [4.69, 9.17) is 0 Å². The molecule has 0 saturated heterocycles. The van der Waals surface area contributed by atoms with Gasteiger partial charge in [-0.25, -0.2) is 18.2 Å². The number of alkyl halides is 2. The van der Waals surface area contributed by atoms with Gasteiger partial charge in [-0.15, -0.1) is 0 Å². The minimum atomic E-state index is -2.97. The van der Waals surface area contributed by atoms with Crippen LogP contribution in [-0.2, 0) is 11.8 Å². The molecule has 0 unspecified atom stereocenters. The molecule has 0 radical (unpaired) electrons. The number of carbonyl (C=O) groups is 1. The number of rotatable bonds is 3. The second kappa shape index (κ2) is 6.15. The van der Waals surface area contributed by atoms with Gasteiger partial charge in [0.2, 0.25) is 5.91 Å². The summed E-state index contributed by atoms with van der Waals surface area (Å²) in [5, 5.41) is 2.92. The Hall–Kier alpha value is -3.23. The Balaban J connectivity index is 1.76. The van der Waals surface area contributed by atoms with Crippen molar-refractivity contribution in [3.05, 3.63) is 52.5 Å². The number of carbonyl (C=O) groups excluding carboxylic acids is 1. The maximum absolute atomic E-state index is 13.8. The van der Waals surface area contributed by atoms with Gasteiger partial charge < -0.3 is 9.88 Å². The van der Waals surface area contributed by atoms with E-state index in [-0.39, 0.29) is 16.9 Å². The predicted octanol–water partition coefficient (Wildman–Crippen LogP) is 3.04. The molecule has 3 aromatic heterocycles. The molecule has 0 bridgehead atoms. The average molecular weight is 388 g/mol. The Morgan fingerprint density at radius 3 is 2.64 bits per heavy atom. The number of pyridine rings is 3. The van der Waals surface area contributed by atoms with Crippen molar-refractivity contribution >= 4 is 22.6 Å². The Kier molecular flexibility index (Phi) is 3.99. The van der Waals surface area contributed by atoms with Gasteiger partial charge in [0, 0.05) is 48.4 Å². The highest BCUT2D eigenvalue weighted by molar-refractivity contribution is 5.96. The third kappa shape index (κ3) is 2.92. The zero-order valence-corrected chi connectivity index (χ0v) is 15.0. The first-order chi connectivity index (χ1) is 13.2. The summed E-state index contributed by atoms with van der Waals surface area (Å²) in [4.78, 5) is 32.5. The fourth-order valence-electron chi connectivity index (χ4n) is 3.11. The van der Waals surface area contributed by atoms with E-state index in [9.17, 15) is 22.8 Å². The summed E-state index contributed by atoms with van der Waals surface area (Å²) in [7, 11) is 1.52. The third-order valence-electron chi connectivity index (χ3n) is 4.95. The maximum atomic E-state index is 13.8. The summed E-state index contributed by atoms with van der Waals surface area (Å²) in [6.07, 6.45) is 3.43. The summed E-state index contributed by atoms with van der Waals surface area (Å²) in [5.74, 6) is -5.57. The first kappa shape index (κ1) is 18.1. The number of aromatic nitrogens is 3. The molecule has 3 aromatic rings. The van der Waals surface area contributed by atoms with Crippen molar-refractivity contribution in [1.82, 2.24) is 14.5 Å². The molecule has 1 saturated carbocycles. The minimum Gasteiger partial charge on any atom is -0.311 e. The van der Waals surface area contributed by atoms with Crippen molar-refractivity contribution in [2.24, 2.45) is 13.0 Å². The van der Waals surface area contributed by atoms with E-state index < -0.39 is 30.0 Å². The predicted molar refractivity (Wildman–Crippen MR) is 96.6 cm³/mol. The van der Waals surface area contributed by atoms with Crippen LogP contribution in [0.5, 0.6) is 0 Å². The molecule has 1 fully saturated rings. The van der Waals surface area contributed by atoms with E-state index >= 15 is 0 Å². The molecule has 1 amide bonds. The fourth-order valence-corrected chi connectivity index (χ4v) is 3.11. The van der Waals surface area contributed by atoms with E-state index in [1.165, 1.54) is 30.1 Å². The highest BCUT2D eigenvalue weighted by Crippen LogP contribution is 2.49. The van der Waals surface area contributed by atoms with Gasteiger partial charge in [0.1, 0.15) is 17.6 Å². The van der Waals surface area contributed by atoms with Gasteiger partial charge in [0.05, 0.1) is 11.7 Å². The van der Waals surface area contributed by atoms with E-state index in [0.717, 1.165) is 6.20 Å². The van der Waals surface area contributed by atoms with Crippen LogP contribution in [-0.4, -0.2) is 26.4 Å². The lowest BCUT2D eigenvalue weighted by Gasteiger charge is -2.12. The van der Waals surface area contributed by atoms with E-state index in [2.05, 4.69) is 15.3 Å². The van der Waals surface area contributed by atoms with Gasteiger partial charge in [-0.2, -0.15) is 0 Å². The molecule has 1 N–H and O–H groups in total. The fraction of sp³-hybridized carbons (Fsp3) is 0.263. The van der Waals surface area contributed by atoms with Crippen molar-refractivity contribution in [2.75, 3.05) is 5.32 Å². The lowest BCUT2D eigenvalue weighted by molar-refractivity contribution is -0.119. The minimum absolute atomic E-state index is 0.0755. The molecule has 6 nitrogen and oxygen atoms in total. The van der Waals surface area contributed by atoms with Crippen LogP contribution >= 0.6 is 0 Å². The first-order valence-corrected chi connectivity index (χ1v) is 8.48. The normalized spacial score (nSPS) is 17.5. The molecule has 0 aliphatic heterocycles. The Labute approximate surface area is 157 Å². The SMILES string of the molecule is Cc1c(F)cncc1-c1cc2cnc(NC(=O)[C@@H]3CC3(F)F)cc2n(C)c1=O. The standard InChI is InChI=1S/C19H15F3N4O2/c1-9-12(7-23-8-14(9)20)11-3-10-6-24-16(4-15(10)26(2)18(11)28)25-17(27)13-5-19(13,21)22/h3-4,6-8,13H,5H2,1-2H3,(H,24,25,27)/t13-/m0/s1. The number of fused-ring (bicyclic) bond motifs is 1. The van der Waals surface area contributed by atoms with Crippen molar-refractivity contribution in [1.29, 1.82) is 0 Å². The maximum Gasteiger partial charge on any atom is 0.260 e. The topological polar surface area (TPSA) is 76.9 Å².